The molecule has 0 aliphatic carbocycles. The van der Waals surface area contributed by atoms with Gasteiger partial charge in [-0.25, -0.2) is 5.43 Å². The molecule has 0 saturated heterocycles. The smallest absolute Gasteiger partial charge is 0.268 e. The van der Waals surface area contributed by atoms with E-state index in [2.05, 4.69) is 20.4 Å². The normalized spacial score (nSPS) is 16.6. The predicted octanol–water partition coefficient (Wildman–Crippen LogP) is 0.794. The van der Waals surface area contributed by atoms with Crippen molar-refractivity contribution < 1.29 is 4.79 Å². The zero-order valence-corrected chi connectivity index (χ0v) is 10.3. The van der Waals surface area contributed by atoms with Gasteiger partial charge in [-0.15, -0.1) is 0 Å². The summed E-state index contributed by atoms with van der Waals surface area (Å²) in [5, 5.41) is 3.92. The number of hydrogen-bond acceptors (Lipinski definition) is 4. The quantitative estimate of drug-likeness (QED) is 0.632. The molecule has 5 heteroatoms. The van der Waals surface area contributed by atoms with Gasteiger partial charge in [-0.3, -0.25) is 9.78 Å². The van der Waals surface area contributed by atoms with Crippen LogP contribution in [0.3, 0.4) is 0 Å². The van der Waals surface area contributed by atoms with Crippen LogP contribution in [0.2, 0.25) is 0 Å². The maximum atomic E-state index is 11.8. The van der Waals surface area contributed by atoms with Crippen molar-refractivity contribution in [3.63, 3.8) is 0 Å². The minimum Gasteiger partial charge on any atom is -0.302 e. The van der Waals surface area contributed by atoms with Crippen LogP contribution in [0.25, 0.3) is 0 Å². The van der Waals surface area contributed by atoms with Gasteiger partial charge in [-0.2, -0.15) is 5.10 Å². The molecule has 1 aromatic rings. The molecule has 1 amide bonds. The largest absolute Gasteiger partial charge is 0.302 e. The van der Waals surface area contributed by atoms with Gasteiger partial charge < -0.3 is 4.90 Å². The Morgan fingerprint density at radius 3 is 3.22 bits per heavy atom. The second-order valence-electron chi connectivity index (χ2n) is 4.24. The zero-order chi connectivity index (χ0) is 12.8. The topological polar surface area (TPSA) is 57.6 Å². The van der Waals surface area contributed by atoms with Crippen molar-refractivity contribution in [2.24, 2.45) is 5.10 Å². The fraction of sp³-hybridized carbons (Fsp3) is 0.308. The summed E-state index contributed by atoms with van der Waals surface area (Å²) >= 11 is 0. The van der Waals surface area contributed by atoms with Crippen LogP contribution in [0.1, 0.15) is 12.0 Å². The van der Waals surface area contributed by atoms with Gasteiger partial charge >= 0.3 is 0 Å². The molecule has 18 heavy (non-hydrogen) atoms. The molecule has 0 radical (unpaired) electrons. The van der Waals surface area contributed by atoms with Gasteiger partial charge in [-0.1, -0.05) is 12.1 Å². The number of nitrogens with zero attached hydrogens (tertiary/aromatic N) is 3. The van der Waals surface area contributed by atoms with Crippen molar-refractivity contribution in [1.29, 1.82) is 0 Å². The molecule has 0 spiro atoms. The summed E-state index contributed by atoms with van der Waals surface area (Å²) in [6, 6.07) is 3.69. The summed E-state index contributed by atoms with van der Waals surface area (Å²) in [6.07, 6.45) is 7.83. The van der Waals surface area contributed by atoms with E-state index in [0.717, 1.165) is 24.1 Å². The molecule has 5 nitrogen and oxygen atoms in total. The van der Waals surface area contributed by atoms with Crippen LogP contribution in [0.4, 0.5) is 0 Å². The number of carbonyl (C=O) groups excluding carboxylic acids is 1. The Morgan fingerprint density at radius 2 is 2.50 bits per heavy atom. The van der Waals surface area contributed by atoms with Gasteiger partial charge in [0, 0.05) is 36.6 Å². The molecule has 0 fully saturated rings. The van der Waals surface area contributed by atoms with Crippen LogP contribution in [0, 0.1) is 0 Å². The number of likely N-dealkylation sites (N-methyl/N-ethyl adjacent to an activating group) is 1. The number of nitrogens with one attached hydrogen (secondary N) is 1. The SMILES string of the molecule is CN1CCC=C(C(=O)N/N=C/c2cccnc2)C1. The van der Waals surface area contributed by atoms with Crippen LogP contribution < -0.4 is 5.43 Å². The number of aromatic nitrogens is 1. The number of amides is 1. The van der Waals surface area contributed by atoms with Crippen molar-refractivity contribution in [2.45, 2.75) is 6.42 Å². The first kappa shape index (κ1) is 12.4. The Morgan fingerprint density at radius 1 is 1.61 bits per heavy atom. The first-order valence-electron chi connectivity index (χ1n) is 5.87. The van der Waals surface area contributed by atoms with Crippen LogP contribution in [0.5, 0.6) is 0 Å². The highest BCUT2D eigenvalue weighted by molar-refractivity contribution is 5.94. The average molecular weight is 244 g/mol. The van der Waals surface area contributed by atoms with Crippen LogP contribution in [-0.4, -0.2) is 42.1 Å². The van der Waals surface area contributed by atoms with E-state index in [1.807, 2.05) is 25.3 Å². The summed E-state index contributed by atoms with van der Waals surface area (Å²) in [5.74, 6) is -0.137. The molecular formula is C13H16N4O. The lowest BCUT2D eigenvalue weighted by Crippen LogP contribution is -2.32. The van der Waals surface area contributed by atoms with E-state index in [-0.39, 0.29) is 5.91 Å². The molecular weight excluding hydrogens is 228 g/mol. The first-order chi connectivity index (χ1) is 8.75. The number of carbonyl (C=O) groups is 1. The van der Waals surface area contributed by atoms with Crippen LogP contribution >= 0.6 is 0 Å². The van der Waals surface area contributed by atoms with Crippen LogP contribution in [-0.2, 0) is 4.79 Å². The van der Waals surface area contributed by atoms with Gasteiger partial charge in [0.15, 0.2) is 0 Å². The van der Waals surface area contributed by atoms with E-state index in [9.17, 15) is 4.79 Å². The van der Waals surface area contributed by atoms with Crippen molar-refractivity contribution in [2.75, 3.05) is 20.1 Å². The zero-order valence-electron chi connectivity index (χ0n) is 10.3. The minimum absolute atomic E-state index is 0.137. The lowest BCUT2D eigenvalue weighted by molar-refractivity contribution is -0.117. The summed E-state index contributed by atoms with van der Waals surface area (Å²) < 4.78 is 0. The van der Waals surface area contributed by atoms with Crippen molar-refractivity contribution in [3.05, 3.63) is 41.7 Å². The highest BCUT2D eigenvalue weighted by Gasteiger charge is 2.14. The summed E-state index contributed by atoms with van der Waals surface area (Å²) in [4.78, 5) is 17.9. The van der Waals surface area contributed by atoms with E-state index in [4.69, 9.17) is 0 Å². The third-order valence-electron chi connectivity index (χ3n) is 2.70. The highest BCUT2D eigenvalue weighted by Crippen LogP contribution is 2.07. The molecule has 0 saturated carbocycles. The van der Waals surface area contributed by atoms with E-state index in [0.29, 0.717) is 6.54 Å². The molecule has 1 aliphatic rings. The lowest BCUT2D eigenvalue weighted by Gasteiger charge is -2.21. The molecule has 0 bridgehead atoms. The molecule has 1 aromatic heterocycles. The maximum Gasteiger partial charge on any atom is 0.268 e. The molecule has 94 valence electrons. The third-order valence-corrected chi connectivity index (χ3v) is 2.70. The van der Waals surface area contributed by atoms with E-state index in [1.165, 1.54) is 0 Å². The van der Waals surface area contributed by atoms with Crippen molar-refractivity contribution in [3.8, 4) is 0 Å². The van der Waals surface area contributed by atoms with E-state index < -0.39 is 0 Å². The number of rotatable bonds is 3. The molecule has 0 unspecified atom stereocenters. The van der Waals surface area contributed by atoms with Gasteiger partial charge in [-0.05, 0) is 19.5 Å². The first-order valence-corrected chi connectivity index (χ1v) is 5.87. The summed E-state index contributed by atoms with van der Waals surface area (Å²) in [5.41, 5.74) is 4.15. The second kappa shape index (κ2) is 6.07. The average Bonchev–Trinajstić information content (AvgIpc) is 2.40. The predicted molar refractivity (Wildman–Crippen MR) is 70.2 cm³/mol. The number of hydrogen-bond donors (Lipinski definition) is 1. The monoisotopic (exact) mass is 244 g/mol. The molecule has 2 heterocycles. The van der Waals surface area contributed by atoms with Crippen LogP contribution in [0.15, 0.2) is 41.3 Å². The Labute approximate surface area is 106 Å². The van der Waals surface area contributed by atoms with E-state index >= 15 is 0 Å². The minimum atomic E-state index is -0.137. The number of pyridine rings is 1. The highest BCUT2D eigenvalue weighted by atomic mass is 16.2. The summed E-state index contributed by atoms with van der Waals surface area (Å²) in [6.45, 7) is 1.67. The van der Waals surface area contributed by atoms with Gasteiger partial charge in [0.2, 0.25) is 0 Å². The molecule has 2 rings (SSSR count). The fourth-order valence-corrected chi connectivity index (χ4v) is 1.75. The Balaban J connectivity index is 1.89. The van der Waals surface area contributed by atoms with Gasteiger partial charge in [0.25, 0.3) is 5.91 Å². The maximum absolute atomic E-state index is 11.8. The Kier molecular flexibility index (Phi) is 4.20. The molecule has 0 atom stereocenters. The molecule has 1 N–H and O–H groups in total. The fourth-order valence-electron chi connectivity index (χ4n) is 1.75. The van der Waals surface area contributed by atoms with E-state index in [1.54, 1.807) is 18.6 Å². The standard InChI is InChI=1S/C13H16N4O/c1-17-7-3-5-12(10-17)13(18)16-15-9-11-4-2-6-14-8-11/h2,4-6,8-9H,3,7,10H2,1H3,(H,16,18)/b15-9+. The van der Waals surface area contributed by atoms with Gasteiger partial charge in [0.05, 0.1) is 6.21 Å². The number of hydrazone groups is 1. The second-order valence-corrected chi connectivity index (χ2v) is 4.24. The molecule has 1 aliphatic heterocycles. The summed E-state index contributed by atoms with van der Waals surface area (Å²) in [7, 11) is 2.00. The molecule has 0 aromatic carbocycles. The van der Waals surface area contributed by atoms with Gasteiger partial charge in [0.1, 0.15) is 0 Å². The lowest BCUT2D eigenvalue weighted by atomic mass is 10.1. The van der Waals surface area contributed by atoms with Crippen molar-refractivity contribution >= 4 is 12.1 Å². The third kappa shape index (κ3) is 3.49. The van der Waals surface area contributed by atoms with Crippen molar-refractivity contribution in [1.82, 2.24) is 15.3 Å². The Bertz CT molecular complexity index is 467. The Hall–Kier alpha value is -2.01.